The lowest BCUT2D eigenvalue weighted by atomic mass is 10.1. The molecule has 1 N–H and O–H groups in total. The van der Waals surface area contributed by atoms with Gasteiger partial charge in [-0.3, -0.25) is 4.79 Å². The SMILES string of the molecule is Cc1ccc(OCC(=O)Nc2ccc(N3CCN(c4c(F)c(F)c(F)c(F)c4F)CC3)c(Cl)c2)c(C)c1. The van der Waals surface area contributed by atoms with Crippen LogP contribution in [0.2, 0.25) is 5.02 Å². The third-order valence-corrected chi connectivity index (χ3v) is 6.35. The Labute approximate surface area is 215 Å². The van der Waals surface area contributed by atoms with Gasteiger partial charge in [-0.1, -0.05) is 29.3 Å². The van der Waals surface area contributed by atoms with Crippen molar-refractivity contribution < 1.29 is 31.5 Å². The molecule has 0 spiro atoms. The number of anilines is 3. The summed E-state index contributed by atoms with van der Waals surface area (Å²) in [5, 5.41) is 3.03. The highest BCUT2D eigenvalue weighted by Gasteiger charge is 2.31. The van der Waals surface area contributed by atoms with Crippen LogP contribution in [0.15, 0.2) is 36.4 Å². The molecule has 1 aliphatic rings. The van der Waals surface area contributed by atoms with E-state index in [1.54, 1.807) is 24.3 Å². The van der Waals surface area contributed by atoms with E-state index >= 15 is 0 Å². The topological polar surface area (TPSA) is 44.8 Å². The molecule has 3 aromatic rings. The predicted molar refractivity (Wildman–Crippen MR) is 132 cm³/mol. The summed E-state index contributed by atoms with van der Waals surface area (Å²) in [5.41, 5.74) is 2.11. The normalized spacial score (nSPS) is 13.6. The maximum Gasteiger partial charge on any atom is 0.262 e. The van der Waals surface area contributed by atoms with Crippen molar-refractivity contribution in [1.29, 1.82) is 0 Å². The van der Waals surface area contributed by atoms with Crippen LogP contribution in [-0.2, 0) is 4.79 Å². The average Bonchev–Trinajstić information content (AvgIpc) is 2.86. The maximum absolute atomic E-state index is 14.2. The number of hydrogen-bond donors (Lipinski definition) is 1. The lowest BCUT2D eigenvalue weighted by Gasteiger charge is -2.38. The van der Waals surface area contributed by atoms with Gasteiger partial charge in [-0.15, -0.1) is 0 Å². The van der Waals surface area contributed by atoms with Crippen LogP contribution in [0.4, 0.5) is 39.0 Å². The summed E-state index contributed by atoms with van der Waals surface area (Å²) >= 11 is 6.42. The Bertz CT molecular complexity index is 1320. The first kappa shape index (κ1) is 26.5. The predicted octanol–water partition coefficient (Wildman–Crippen LogP) is 6.00. The van der Waals surface area contributed by atoms with E-state index in [0.717, 1.165) is 16.0 Å². The minimum Gasteiger partial charge on any atom is -0.483 e. The molecule has 1 aliphatic heterocycles. The number of carbonyl (C=O) groups is 1. The summed E-state index contributed by atoms with van der Waals surface area (Å²) in [6, 6.07) is 10.5. The number of nitrogens with zero attached hydrogens (tertiary/aromatic N) is 2. The first-order valence-electron chi connectivity index (χ1n) is 11.4. The summed E-state index contributed by atoms with van der Waals surface area (Å²) in [5.74, 6) is -9.62. The van der Waals surface area contributed by atoms with Crippen LogP contribution in [0, 0.1) is 42.9 Å². The van der Waals surface area contributed by atoms with Crippen LogP contribution in [0.5, 0.6) is 5.75 Å². The van der Waals surface area contributed by atoms with Crippen molar-refractivity contribution in [2.75, 3.05) is 47.9 Å². The Hall–Kier alpha value is -3.53. The van der Waals surface area contributed by atoms with Crippen molar-refractivity contribution >= 4 is 34.6 Å². The highest BCUT2D eigenvalue weighted by Crippen LogP contribution is 2.33. The quantitative estimate of drug-likeness (QED) is 0.237. The van der Waals surface area contributed by atoms with Crippen LogP contribution in [-0.4, -0.2) is 38.7 Å². The largest absolute Gasteiger partial charge is 0.483 e. The molecule has 0 saturated carbocycles. The number of carbonyl (C=O) groups excluding carboxylic acids is 1. The molecule has 0 aliphatic carbocycles. The fraction of sp³-hybridized carbons (Fsp3) is 0.269. The molecular formula is C26H23ClF5N3O2. The van der Waals surface area contributed by atoms with Crippen LogP contribution in [0.25, 0.3) is 0 Å². The van der Waals surface area contributed by atoms with Gasteiger partial charge in [0.2, 0.25) is 5.82 Å². The van der Waals surface area contributed by atoms with Gasteiger partial charge in [0, 0.05) is 31.9 Å². The van der Waals surface area contributed by atoms with Crippen molar-refractivity contribution in [1.82, 2.24) is 0 Å². The minimum atomic E-state index is -2.19. The molecule has 0 bridgehead atoms. The zero-order valence-corrected chi connectivity index (χ0v) is 20.7. The van der Waals surface area contributed by atoms with E-state index in [1.165, 1.54) is 0 Å². The number of benzene rings is 3. The van der Waals surface area contributed by atoms with E-state index in [1.807, 2.05) is 30.9 Å². The van der Waals surface area contributed by atoms with Crippen LogP contribution in [0.3, 0.4) is 0 Å². The van der Waals surface area contributed by atoms with Crippen molar-refractivity contribution in [2.45, 2.75) is 13.8 Å². The van der Waals surface area contributed by atoms with Gasteiger partial charge in [0.05, 0.1) is 10.7 Å². The molecule has 0 atom stereocenters. The molecule has 1 amide bonds. The molecule has 1 fully saturated rings. The molecular weight excluding hydrogens is 517 g/mol. The Morgan fingerprint density at radius 3 is 2.05 bits per heavy atom. The molecule has 3 aromatic carbocycles. The Morgan fingerprint density at radius 2 is 1.46 bits per heavy atom. The number of amides is 1. The first-order valence-corrected chi connectivity index (χ1v) is 11.8. The lowest BCUT2D eigenvalue weighted by Crippen LogP contribution is -2.47. The zero-order valence-electron chi connectivity index (χ0n) is 20.0. The molecule has 37 heavy (non-hydrogen) atoms. The van der Waals surface area contributed by atoms with Gasteiger partial charge < -0.3 is 19.9 Å². The maximum atomic E-state index is 14.2. The lowest BCUT2D eigenvalue weighted by molar-refractivity contribution is -0.118. The van der Waals surface area contributed by atoms with Gasteiger partial charge in [-0.2, -0.15) is 0 Å². The van der Waals surface area contributed by atoms with Crippen molar-refractivity contribution in [2.24, 2.45) is 0 Å². The Morgan fingerprint density at radius 1 is 0.865 bits per heavy atom. The summed E-state index contributed by atoms with van der Waals surface area (Å²) in [6.45, 7) is 4.10. The smallest absolute Gasteiger partial charge is 0.262 e. The number of piperazine rings is 1. The van der Waals surface area contributed by atoms with E-state index in [0.29, 0.717) is 22.1 Å². The van der Waals surface area contributed by atoms with E-state index in [4.69, 9.17) is 16.3 Å². The Balaban J connectivity index is 1.37. The van der Waals surface area contributed by atoms with Gasteiger partial charge in [0.25, 0.3) is 5.91 Å². The average molecular weight is 540 g/mol. The fourth-order valence-corrected chi connectivity index (χ4v) is 4.48. The summed E-state index contributed by atoms with van der Waals surface area (Å²) in [6.07, 6.45) is 0. The van der Waals surface area contributed by atoms with Crippen LogP contribution in [0.1, 0.15) is 11.1 Å². The van der Waals surface area contributed by atoms with E-state index in [2.05, 4.69) is 5.32 Å². The number of ether oxygens (including phenoxy) is 1. The molecule has 0 aromatic heterocycles. The number of rotatable bonds is 6. The first-order chi connectivity index (χ1) is 17.6. The number of halogens is 6. The zero-order chi connectivity index (χ0) is 26.9. The number of hydrogen-bond acceptors (Lipinski definition) is 4. The number of nitrogens with one attached hydrogen (secondary N) is 1. The highest BCUT2D eigenvalue weighted by atomic mass is 35.5. The molecule has 196 valence electrons. The molecule has 5 nitrogen and oxygen atoms in total. The third-order valence-electron chi connectivity index (χ3n) is 6.04. The second-order valence-electron chi connectivity index (χ2n) is 8.66. The van der Waals surface area contributed by atoms with Crippen LogP contribution >= 0.6 is 11.6 Å². The van der Waals surface area contributed by atoms with Crippen molar-refractivity contribution in [3.8, 4) is 5.75 Å². The second-order valence-corrected chi connectivity index (χ2v) is 9.07. The summed E-state index contributed by atoms with van der Waals surface area (Å²) in [4.78, 5) is 15.3. The third kappa shape index (κ3) is 5.58. The van der Waals surface area contributed by atoms with Gasteiger partial charge >= 0.3 is 0 Å². The second kappa shape index (κ2) is 10.8. The van der Waals surface area contributed by atoms with Crippen molar-refractivity contribution in [3.05, 3.63) is 81.6 Å². The molecule has 1 saturated heterocycles. The molecule has 4 rings (SSSR count). The Kier molecular flexibility index (Phi) is 7.77. The summed E-state index contributed by atoms with van der Waals surface area (Å²) in [7, 11) is 0. The van der Waals surface area contributed by atoms with E-state index < -0.39 is 34.8 Å². The minimum absolute atomic E-state index is 0.00291. The van der Waals surface area contributed by atoms with Gasteiger partial charge in [0.1, 0.15) is 11.4 Å². The molecule has 0 radical (unpaired) electrons. The number of aryl methyl sites for hydroxylation is 2. The monoisotopic (exact) mass is 539 g/mol. The fourth-order valence-electron chi connectivity index (χ4n) is 4.18. The molecule has 1 heterocycles. The van der Waals surface area contributed by atoms with Gasteiger partial charge in [-0.25, -0.2) is 22.0 Å². The highest BCUT2D eigenvalue weighted by molar-refractivity contribution is 6.33. The van der Waals surface area contributed by atoms with Gasteiger partial charge in [-0.05, 0) is 43.7 Å². The van der Waals surface area contributed by atoms with Crippen molar-refractivity contribution in [3.63, 3.8) is 0 Å². The van der Waals surface area contributed by atoms with Crippen LogP contribution < -0.4 is 19.9 Å². The molecule has 0 unspecified atom stereocenters. The standard InChI is InChI=1S/C26H23ClF5N3O2/c1-14-3-6-19(15(2)11-14)37-13-20(36)33-16-4-5-18(17(27)12-16)34-7-9-35(10-8-34)26-24(31)22(29)21(28)23(30)25(26)32/h3-6,11-12H,7-10,13H2,1-2H3,(H,33,36). The van der Waals surface area contributed by atoms with E-state index in [-0.39, 0.29) is 38.7 Å². The van der Waals surface area contributed by atoms with E-state index in [9.17, 15) is 26.7 Å². The summed E-state index contributed by atoms with van der Waals surface area (Å²) < 4.78 is 74.5. The molecule has 11 heteroatoms. The van der Waals surface area contributed by atoms with Gasteiger partial charge in [0.15, 0.2) is 29.9 Å².